The molecule has 0 heterocycles. The van der Waals surface area contributed by atoms with Crippen LogP contribution in [0.25, 0.3) is 0 Å². The lowest BCUT2D eigenvalue weighted by atomic mass is 9.87. The molecule has 2 rings (SSSR count). The Hall–Kier alpha value is -3.02. The second-order valence-corrected chi connectivity index (χ2v) is 13.1. The van der Waals surface area contributed by atoms with E-state index in [0.29, 0.717) is 26.3 Å². The topological polar surface area (TPSA) is 76.7 Å². The number of rotatable bonds is 19. The summed E-state index contributed by atoms with van der Waals surface area (Å²) in [6.07, 6.45) is 7.15. The molecule has 0 radical (unpaired) electrons. The number of amides is 2. The number of carbonyl (C=O) groups is 2. The Morgan fingerprint density at radius 3 is 1.36 bits per heavy atom. The van der Waals surface area contributed by atoms with E-state index in [2.05, 4.69) is 74.7 Å². The zero-order valence-electron chi connectivity index (χ0n) is 27.6. The second kappa shape index (κ2) is 17.2. The minimum Gasteiger partial charge on any atom is -0.493 e. The van der Waals surface area contributed by atoms with Gasteiger partial charge in [0.2, 0.25) is 11.8 Å². The number of nitrogens with one attached hydrogen (secondary N) is 2. The quantitative estimate of drug-likeness (QED) is 0.166. The van der Waals surface area contributed by atoms with Gasteiger partial charge < -0.3 is 20.1 Å². The molecular formula is C36H56N2O4. The van der Waals surface area contributed by atoms with Gasteiger partial charge in [-0.2, -0.15) is 0 Å². The van der Waals surface area contributed by atoms with Crippen LogP contribution < -0.4 is 20.1 Å². The third-order valence-electron chi connectivity index (χ3n) is 8.00. The SMILES string of the molecule is Cc1ccc(C)c(OCCCC(C)(C)C(=O)NCCCCCCNC(=O)C(C)(C)CCCOc2cc(C)ccc2C)c1. The molecule has 0 unspecified atom stereocenters. The first-order valence-corrected chi connectivity index (χ1v) is 15.8. The summed E-state index contributed by atoms with van der Waals surface area (Å²) in [5.41, 5.74) is 3.79. The maximum Gasteiger partial charge on any atom is 0.225 e. The molecule has 2 aromatic rings. The molecule has 0 saturated carbocycles. The fourth-order valence-electron chi connectivity index (χ4n) is 4.83. The number of benzene rings is 2. The van der Waals surface area contributed by atoms with E-state index in [9.17, 15) is 9.59 Å². The van der Waals surface area contributed by atoms with Crippen LogP contribution in [0, 0.1) is 38.5 Å². The van der Waals surface area contributed by atoms with Crippen LogP contribution in [0.15, 0.2) is 36.4 Å². The Morgan fingerprint density at radius 1 is 0.595 bits per heavy atom. The molecule has 6 nitrogen and oxygen atoms in total. The van der Waals surface area contributed by atoms with E-state index in [1.807, 2.05) is 27.7 Å². The molecule has 0 fully saturated rings. The third-order valence-corrected chi connectivity index (χ3v) is 8.00. The molecule has 2 amide bonds. The monoisotopic (exact) mass is 580 g/mol. The normalized spacial score (nSPS) is 11.7. The molecule has 0 aliphatic carbocycles. The highest BCUT2D eigenvalue weighted by atomic mass is 16.5. The van der Waals surface area contributed by atoms with Crippen molar-refractivity contribution in [3.63, 3.8) is 0 Å². The minimum atomic E-state index is -0.423. The Labute approximate surface area is 255 Å². The number of ether oxygens (including phenoxy) is 2. The van der Waals surface area contributed by atoms with Crippen molar-refractivity contribution in [2.24, 2.45) is 10.8 Å². The van der Waals surface area contributed by atoms with Crippen LogP contribution in [0.3, 0.4) is 0 Å². The molecule has 0 bridgehead atoms. The van der Waals surface area contributed by atoms with Crippen LogP contribution in [0.2, 0.25) is 0 Å². The summed E-state index contributed by atoms with van der Waals surface area (Å²) in [5.74, 6) is 2.05. The molecule has 0 atom stereocenters. The number of hydrogen-bond donors (Lipinski definition) is 2. The summed E-state index contributed by atoms with van der Waals surface area (Å²) in [7, 11) is 0. The Balaban J connectivity index is 1.52. The van der Waals surface area contributed by atoms with E-state index in [-0.39, 0.29) is 11.8 Å². The molecule has 0 aromatic heterocycles. The van der Waals surface area contributed by atoms with Gasteiger partial charge in [0.25, 0.3) is 0 Å². The maximum absolute atomic E-state index is 12.7. The van der Waals surface area contributed by atoms with Crippen LogP contribution in [-0.4, -0.2) is 38.1 Å². The first-order valence-electron chi connectivity index (χ1n) is 15.8. The smallest absolute Gasteiger partial charge is 0.225 e. The Morgan fingerprint density at radius 2 is 0.976 bits per heavy atom. The lowest BCUT2D eigenvalue weighted by Crippen LogP contribution is -2.38. The largest absolute Gasteiger partial charge is 0.493 e. The summed E-state index contributed by atoms with van der Waals surface area (Å²) in [5, 5.41) is 6.22. The molecule has 0 spiro atoms. The number of unbranched alkanes of at least 4 members (excludes halogenated alkanes) is 3. The van der Waals surface area contributed by atoms with E-state index in [0.717, 1.165) is 74.0 Å². The van der Waals surface area contributed by atoms with Gasteiger partial charge in [0.15, 0.2) is 0 Å². The average molecular weight is 581 g/mol. The van der Waals surface area contributed by atoms with Crippen LogP contribution in [0.1, 0.15) is 101 Å². The first kappa shape index (κ1) is 35.2. The van der Waals surface area contributed by atoms with Gasteiger partial charge in [0.05, 0.1) is 13.2 Å². The predicted molar refractivity (Wildman–Crippen MR) is 173 cm³/mol. The van der Waals surface area contributed by atoms with Gasteiger partial charge in [-0.15, -0.1) is 0 Å². The third kappa shape index (κ3) is 12.5. The van der Waals surface area contributed by atoms with Gasteiger partial charge >= 0.3 is 0 Å². The van der Waals surface area contributed by atoms with Gasteiger partial charge in [-0.25, -0.2) is 0 Å². The van der Waals surface area contributed by atoms with Crippen molar-refractivity contribution in [1.29, 1.82) is 0 Å². The summed E-state index contributed by atoms with van der Waals surface area (Å²) in [6.45, 7) is 18.8. The zero-order valence-corrected chi connectivity index (χ0v) is 27.6. The van der Waals surface area contributed by atoms with E-state index >= 15 is 0 Å². The molecule has 0 saturated heterocycles. The van der Waals surface area contributed by atoms with Gasteiger partial charge in [-0.05, 0) is 101 Å². The molecule has 6 heteroatoms. The standard InChI is InChI=1S/C36H56N2O4/c1-27-15-17-29(3)31(25-27)41-23-13-19-35(5,6)33(39)37-21-11-9-10-12-22-38-34(40)36(7,8)20-14-24-42-32-26-28(2)16-18-30(32)4/h15-18,25-26H,9-14,19-24H2,1-8H3,(H,37,39)(H,38,40). The number of aryl methyl sites for hydroxylation is 4. The zero-order chi connectivity index (χ0) is 31.2. The number of hydrogen-bond acceptors (Lipinski definition) is 4. The van der Waals surface area contributed by atoms with Crippen molar-refractivity contribution in [3.8, 4) is 11.5 Å². The molecule has 2 aromatic carbocycles. The van der Waals surface area contributed by atoms with Crippen LogP contribution >= 0.6 is 0 Å². The van der Waals surface area contributed by atoms with Crippen molar-refractivity contribution >= 4 is 11.8 Å². The molecule has 42 heavy (non-hydrogen) atoms. The van der Waals surface area contributed by atoms with Crippen molar-refractivity contribution in [2.45, 2.75) is 107 Å². The molecule has 2 N–H and O–H groups in total. The maximum atomic E-state index is 12.7. The summed E-state index contributed by atoms with van der Waals surface area (Å²) < 4.78 is 11.9. The fraction of sp³-hybridized carbons (Fsp3) is 0.611. The van der Waals surface area contributed by atoms with E-state index in [1.54, 1.807) is 0 Å². The molecule has 0 aliphatic heterocycles. The van der Waals surface area contributed by atoms with E-state index in [4.69, 9.17) is 9.47 Å². The lowest BCUT2D eigenvalue weighted by molar-refractivity contribution is -0.130. The Kier molecular flexibility index (Phi) is 14.4. The summed E-state index contributed by atoms with van der Waals surface area (Å²) in [4.78, 5) is 25.4. The predicted octanol–water partition coefficient (Wildman–Crippen LogP) is 7.78. The van der Waals surface area contributed by atoms with Crippen LogP contribution in [-0.2, 0) is 9.59 Å². The molecular weight excluding hydrogens is 524 g/mol. The Bertz CT molecular complexity index is 1050. The van der Waals surface area contributed by atoms with Gasteiger partial charge in [-0.3, -0.25) is 9.59 Å². The highest BCUT2D eigenvalue weighted by molar-refractivity contribution is 5.82. The summed E-state index contributed by atoms with van der Waals surface area (Å²) >= 11 is 0. The fourth-order valence-corrected chi connectivity index (χ4v) is 4.83. The van der Waals surface area contributed by atoms with Crippen molar-refractivity contribution in [3.05, 3.63) is 58.7 Å². The minimum absolute atomic E-state index is 0.100. The highest BCUT2D eigenvalue weighted by Crippen LogP contribution is 2.25. The first-order chi connectivity index (χ1) is 19.8. The number of carbonyl (C=O) groups excluding carboxylic acids is 2. The average Bonchev–Trinajstić information content (AvgIpc) is 2.93. The molecule has 0 aliphatic rings. The van der Waals surface area contributed by atoms with Crippen molar-refractivity contribution in [2.75, 3.05) is 26.3 Å². The van der Waals surface area contributed by atoms with Crippen molar-refractivity contribution < 1.29 is 19.1 Å². The van der Waals surface area contributed by atoms with Gasteiger partial charge in [0.1, 0.15) is 11.5 Å². The highest BCUT2D eigenvalue weighted by Gasteiger charge is 2.27. The van der Waals surface area contributed by atoms with E-state index < -0.39 is 10.8 Å². The van der Waals surface area contributed by atoms with Crippen LogP contribution in [0.4, 0.5) is 0 Å². The second-order valence-electron chi connectivity index (χ2n) is 13.1. The van der Waals surface area contributed by atoms with Crippen molar-refractivity contribution in [1.82, 2.24) is 10.6 Å². The van der Waals surface area contributed by atoms with Gasteiger partial charge in [0, 0.05) is 23.9 Å². The van der Waals surface area contributed by atoms with Crippen LogP contribution in [0.5, 0.6) is 11.5 Å². The van der Waals surface area contributed by atoms with E-state index in [1.165, 1.54) is 11.1 Å². The lowest BCUT2D eigenvalue weighted by Gasteiger charge is -2.24. The molecule has 234 valence electrons. The van der Waals surface area contributed by atoms with Gasteiger partial charge in [-0.1, -0.05) is 64.8 Å². The summed E-state index contributed by atoms with van der Waals surface area (Å²) in [6, 6.07) is 12.5.